The second kappa shape index (κ2) is 9.83. The summed E-state index contributed by atoms with van der Waals surface area (Å²) < 4.78 is 34.9. The van der Waals surface area contributed by atoms with Gasteiger partial charge in [-0.05, 0) is 74.7 Å². The van der Waals surface area contributed by atoms with Crippen molar-refractivity contribution in [1.82, 2.24) is 4.90 Å². The Balaban J connectivity index is 1.68. The molecule has 1 aromatic carbocycles. The first-order valence-electron chi connectivity index (χ1n) is 10.6. The minimum atomic E-state index is -2.86. The van der Waals surface area contributed by atoms with Crippen molar-refractivity contribution in [1.29, 1.82) is 0 Å². The molecule has 0 bridgehead atoms. The van der Waals surface area contributed by atoms with Crippen molar-refractivity contribution in [2.45, 2.75) is 39.3 Å². The predicted molar refractivity (Wildman–Crippen MR) is 121 cm³/mol. The molecule has 1 aliphatic rings. The van der Waals surface area contributed by atoms with Gasteiger partial charge in [0.15, 0.2) is 5.76 Å². The Labute approximate surface area is 190 Å². The Hall–Kier alpha value is -2.71. The molecule has 1 atom stereocenters. The summed E-state index contributed by atoms with van der Waals surface area (Å²) in [5.41, 5.74) is 1.96. The number of nitrogens with one attached hydrogen (secondary N) is 1. The van der Waals surface area contributed by atoms with Crippen LogP contribution in [0, 0.1) is 12.8 Å². The van der Waals surface area contributed by atoms with E-state index in [9.17, 15) is 13.6 Å². The number of benzene rings is 1. The number of likely N-dealkylation sites (tertiary alicyclic amines) is 1. The number of amides is 1. The topological polar surface area (TPSA) is 54.7 Å². The van der Waals surface area contributed by atoms with Gasteiger partial charge in [0.2, 0.25) is 0 Å². The van der Waals surface area contributed by atoms with Gasteiger partial charge in [-0.3, -0.25) is 9.69 Å². The summed E-state index contributed by atoms with van der Waals surface area (Å²) in [6.45, 7) is 3.24. The number of anilines is 1. The number of alkyl halides is 2. The molecule has 0 unspecified atom stereocenters. The summed E-state index contributed by atoms with van der Waals surface area (Å²) in [4.78, 5) is 16.1. The third-order valence-electron chi connectivity index (χ3n) is 5.76. The molecule has 1 N–H and O–H groups in total. The lowest BCUT2D eigenvalue weighted by Gasteiger charge is -2.37. The van der Waals surface area contributed by atoms with Gasteiger partial charge < -0.3 is 14.5 Å². The number of thiophene rings is 1. The molecule has 0 aliphatic carbocycles. The van der Waals surface area contributed by atoms with Gasteiger partial charge in [-0.2, -0.15) is 8.78 Å². The van der Waals surface area contributed by atoms with Gasteiger partial charge in [0.1, 0.15) is 10.8 Å². The maximum absolute atomic E-state index is 12.7. The number of carbonyl (C=O) groups excluding carboxylic acids is 1. The highest BCUT2D eigenvalue weighted by molar-refractivity contribution is 7.16. The van der Waals surface area contributed by atoms with Crippen LogP contribution < -0.4 is 10.1 Å². The van der Waals surface area contributed by atoms with Gasteiger partial charge in [0, 0.05) is 10.4 Å². The SMILES string of the molecule is Cc1cc([C@@H](c2ccc(OC(F)F)cc2)N2CCC(C)CC2)c(NC(=O)c2ccco2)s1. The van der Waals surface area contributed by atoms with Crippen LogP contribution in [0.3, 0.4) is 0 Å². The first kappa shape index (κ1) is 22.5. The minimum Gasteiger partial charge on any atom is -0.459 e. The third kappa shape index (κ3) is 5.19. The normalized spacial score (nSPS) is 16.3. The van der Waals surface area contributed by atoms with Crippen molar-refractivity contribution < 1.29 is 22.7 Å². The average Bonchev–Trinajstić information content (AvgIpc) is 3.41. The van der Waals surface area contributed by atoms with E-state index in [0.29, 0.717) is 5.92 Å². The molecule has 3 aromatic rings. The number of ether oxygens (including phenoxy) is 1. The first-order valence-corrected chi connectivity index (χ1v) is 11.5. The van der Waals surface area contributed by atoms with E-state index >= 15 is 0 Å². The Morgan fingerprint density at radius 3 is 2.56 bits per heavy atom. The Morgan fingerprint density at radius 2 is 1.94 bits per heavy atom. The highest BCUT2D eigenvalue weighted by atomic mass is 32.1. The van der Waals surface area contributed by atoms with Crippen molar-refractivity contribution in [2.24, 2.45) is 5.92 Å². The van der Waals surface area contributed by atoms with E-state index in [0.717, 1.165) is 46.9 Å². The summed E-state index contributed by atoms with van der Waals surface area (Å²) in [7, 11) is 0. The highest BCUT2D eigenvalue weighted by Crippen LogP contribution is 2.41. The van der Waals surface area contributed by atoms with Crippen LogP contribution in [0.4, 0.5) is 13.8 Å². The number of nitrogens with zero attached hydrogens (tertiary/aromatic N) is 1. The number of hydrogen-bond acceptors (Lipinski definition) is 5. The van der Waals surface area contributed by atoms with Crippen molar-refractivity contribution in [3.05, 3.63) is 70.5 Å². The van der Waals surface area contributed by atoms with Crippen LogP contribution in [0.25, 0.3) is 0 Å². The van der Waals surface area contributed by atoms with E-state index in [2.05, 4.69) is 27.9 Å². The summed E-state index contributed by atoms with van der Waals surface area (Å²) in [5, 5.41) is 3.77. The summed E-state index contributed by atoms with van der Waals surface area (Å²) in [5.74, 6) is 0.738. The van der Waals surface area contributed by atoms with Crippen molar-refractivity contribution >= 4 is 22.2 Å². The van der Waals surface area contributed by atoms with Gasteiger partial charge in [0.05, 0.1) is 12.3 Å². The maximum atomic E-state index is 12.7. The van der Waals surface area contributed by atoms with Crippen LogP contribution in [0.5, 0.6) is 5.75 Å². The van der Waals surface area contributed by atoms with E-state index in [1.165, 1.54) is 17.6 Å². The van der Waals surface area contributed by atoms with Gasteiger partial charge in [0.25, 0.3) is 5.91 Å². The highest BCUT2D eigenvalue weighted by Gasteiger charge is 2.30. The van der Waals surface area contributed by atoms with Crippen LogP contribution in [-0.4, -0.2) is 30.5 Å². The second-order valence-corrected chi connectivity index (χ2v) is 9.40. The molecule has 1 amide bonds. The molecule has 8 heteroatoms. The van der Waals surface area contributed by atoms with Gasteiger partial charge >= 0.3 is 6.61 Å². The third-order valence-corrected chi connectivity index (χ3v) is 6.74. The van der Waals surface area contributed by atoms with Crippen LogP contribution in [0.15, 0.2) is 53.1 Å². The van der Waals surface area contributed by atoms with Crippen LogP contribution >= 0.6 is 11.3 Å². The molecule has 32 heavy (non-hydrogen) atoms. The van der Waals surface area contributed by atoms with E-state index in [1.54, 1.807) is 24.3 Å². The lowest BCUT2D eigenvalue weighted by molar-refractivity contribution is -0.0498. The Morgan fingerprint density at radius 1 is 1.22 bits per heavy atom. The maximum Gasteiger partial charge on any atom is 0.387 e. The van der Waals surface area contributed by atoms with Gasteiger partial charge in [-0.15, -0.1) is 11.3 Å². The predicted octanol–water partition coefficient (Wildman–Crippen LogP) is 6.32. The molecular formula is C24H26F2N2O3S. The first-order chi connectivity index (χ1) is 15.4. The Kier molecular flexibility index (Phi) is 6.91. The largest absolute Gasteiger partial charge is 0.459 e. The molecule has 1 saturated heterocycles. The molecule has 2 aromatic heterocycles. The number of aryl methyl sites for hydroxylation is 1. The fraction of sp³-hybridized carbons (Fsp3) is 0.375. The molecule has 3 heterocycles. The zero-order valence-corrected chi connectivity index (χ0v) is 18.8. The minimum absolute atomic E-state index is 0.111. The standard InChI is InChI=1S/C24H26F2N2O3S/c1-15-9-11-28(12-10-15)21(17-5-7-18(8-6-17)31-24(25)26)19-14-16(2)32-23(19)27-22(29)20-4-3-13-30-20/h3-8,13-15,21,24H,9-12H2,1-2H3,(H,27,29)/t21-/m1/s1. The van der Waals surface area contributed by atoms with Crippen LogP contribution in [0.2, 0.25) is 0 Å². The fourth-order valence-corrected chi connectivity index (χ4v) is 5.05. The lowest BCUT2D eigenvalue weighted by Crippen LogP contribution is -2.37. The smallest absolute Gasteiger partial charge is 0.387 e. The van der Waals surface area contributed by atoms with Gasteiger partial charge in [-0.25, -0.2) is 0 Å². The zero-order chi connectivity index (χ0) is 22.7. The van der Waals surface area contributed by atoms with E-state index in [4.69, 9.17) is 4.42 Å². The van der Waals surface area contributed by atoms with E-state index < -0.39 is 6.61 Å². The zero-order valence-electron chi connectivity index (χ0n) is 18.0. The van der Waals surface area contributed by atoms with Crippen molar-refractivity contribution in [2.75, 3.05) is 18.4 Å². The molecule has 1 aliphatic heterocycles. The fourth-order valence-electron chi connectivity index (χ4n) is 4.11. The number of carbonyl (C=O) groups is 1. The molecule has 4 rings (SSSR count). The summed E-state index contributed by atoms with van der Waals surface area (Å²) in [6, 6.07) is 12.1. The van der Waals surface area contributed by atoms with E-state index in [1.807, 2.05) is 19.1 Å². The van der Waals surface area contributed by atoms with E-state index in [-0.39, 0.29) is 23.5 Å². The number of hydrogen-bond donors (Lipinski definition) is 1. The number of halogens is 2. The monoisotopic (exact) mass is 460 g/mol. The quantitative estimate of drug-likeness (QED) is 0.448. The van der Waals surface area contributed by atoms with Crippen molar-refractivity contribution in [3.63, 3.8) is 0 Å². The number of piperidine rings is 1. The molecule has 0 spiro atoms. The second-order valence-electron chi connectivity index (χ2n) is 8.14. The average molecular weight is 461 g/mol. The summed E-state index contributed by atoms with van der Waals surface area (Å²) in [6.07, 6.45) is 3.64. The lowest BCUT2D eigenvalue weighted by atomic mass is 9.92. The molecule has 0 saturated carbocycles. The molecule has 0 radical (unpaired) electrons. The van der Waals surface area contributed by atoms with Crippen LogP contribution in [-0.2, 0) is 0 Å². The number of rotatable bonds is 7. The van der Waals surface area contributed by atoms with Crippen molar-refractivity contribution in [3.8, 4) is 5.75 Å². The summed E-state index contributed by atoms with van der Waals surface area (Å²) >= 11 is 1.51. The molecule has 170 valence electrons. The number of furan rings is 1. The molecular weight excluding hydrogens is 434 g/mol. The molecule has 1 fully saturated rings. The van der Waals surface area contributed by atoms with Gasteiger partial charge in [-0.1, -0.05) is 19.1 Å². The Bertz CT molecular complexity index is 1030. The molecule has 5 nitrogen and oxygen atoms in total. The van der Waals surface area contributed by atoms with Crippen LogP contribution in [0.1, 0.15) is 52.4 Å².